The van der Waals surface area contributed by atoms with Crippen LogP contribution in [0.5, 0.6) is 0 Å². The van der Waals surface area contributed by atoms with Gasteiger partial charge >= 0.3 is 0 Å². The van der Waals surface area contributed by atoms with Crippen molar-refractivity contribution in [2.75, 3.05) is 5.32 Å². The molecular formula is C18H14BrN3OS. The van der Waals surface area contributed by atoms with Gasteiger partial charge in [-0.25, -0.2) is 9.97 Å². The number of nitrogens with one attached hydrogen (secondary N) is 1. The van der Waals surface area contributed by atoms with Gasteiger partial charge in [-0.3, -0.25) is 4.79 Å². The Kier molecular flexibility index (Phi) is 5.61. The molecule has 0 unspecified atom stereocenters. The van der Waals surface area contributed by atoms with Gasteiger partial charge in [-0.15, -0.1) is 0 Å². The monoisotopic (exact) mass is 399 g/mol. The minimum absolute atomic E-state index is 0.267. The third-order valence-electron chi connectivity index (χ3n) is 3.18. The lowest BCUT2D eigenvalue weighted by Gasteiger charge is -2.07. The van der Waals surface area contributed by atoms with Crippen molar-refractivity contribution in [2.24, 2.45) is 0 Å². The Hall–Kier alpha value is -2.18. The molecule has 2 aromatic carbocycles. The minimum Gasteiger partial charge on any atom is -0.321 e. The Balaban J connectivity index is 1.72. The molecule has 3 aromatic rings. The maximum absolute atomic E-state index is 12.4. The minimum atomic E-state index is -0.267. The zero-order valence-corrected chi connectivity index (χ0v) is 15.0. The van der Waals surface area contributed by atoms with Gasteiger partial charge in [0.15, 0.2) is 5.16 Å². The van der Waals surface area contributed by atoms with Gasteiger partial charge in [0.1, 0.15) is 5.69 Å². The van der Waals surface area contributed by atoms with E-state index in [1.165, 1.54) is 17.3 Å². The van der Waals surface area contributed by atoms with Crippen LogP contribution in [0.1, 0.15) is 16.1 Å². The van der Waals surface area contributed by atoms with E-state index in [1.54, 1.807) is 6.20 Å². The van der Waals surface area contributed by atoms with Gasteiger partial charge in [-0.05, 0) is 33.6 Å². The fraction of sp³-hybridized carbons (Fsp3) is 0.0556. The molecule has 24 heavy (non-hydrogen) atoms. The van der Waals surface area contributed by atoms with Crippen molar-refractivity contribution in [3.63, 3.8) is 0 Å². The Labute approximate surface area is 152 Å². The molecule has 0 radical (unpaired) electrons. The molecule has 0 fully saturated rings. The Bertz CT molecular complexity index is 828. The lowest BCUT2D eigenvalue weighted by Crippen LogP contribution is -2.15. The van der Waals surface area contributed by atoms with E-state index in [-0.39, 0.29) is 5.91 Å². The van der Waals surface area contributed by atoms with Crippen molar-refractivity contribution in [3.8, 4) is 0 Å². The van der Waals surface area contributed by atoms with E-state index in [1.807, 2.05) is 48.5 Å². The van der Waals surface area contributed by atoms with Crippen LogP contribution in [0.25, 0.3) is 0 Å². The van der Waals surface area contributed by atoms with Gasteiger partial charge < -0.3 is 5.32 Å². The summed E-state index contributed by atoms with van der Waals surface area (Å²) in [6.45, 7) is 0. The van der Waals surface area contributed by atoms with Gasteiger partial charge in [0.05, 0.1) is 4.47 Å². The molecule has 0 aliphatic rings. The van der Waals surface area contributed by atoms with Crippen molar-refractivity contribution < 1.29 is 4.79 Å². The summed E-state index contributed by atoms with van der Waals surface area (Å²) < 4.78 is 0.569. The predicted octanol–water partition coefficient (Wildman–Crippen LogP) is 4.78. The summed E-state index contributed by atoms with van der Waals surface area (Å²) >= 11 is 4.84. The Morgan fingerprint density at radius 3 is 2.42 bits per heavy atom. The first-order chi connectivity index (χ1) is 11.7. The van der Waals surface area contributed by atoms with Crippen molar-refractivity contribution in [1.82, 2.24) is 9.97 Å². The number of anilines is 1. The van der Waals surface area contributed by atoms with Crippen LogP contribution in [0.2, 0.25) is 0 Å². The largest absolute Gasteiger partial charge is 0.321 e. The number of benzene rings is 2. The molecule has 0 aliphatic heterocycles. The van der Waals surface area contributed by atoms with Gasteiger partial charge in [0.2, 0.25) is 0 Å². The number of aromatic nitrogens is 2. The number of thioether (sulfide) groups is 1. The first kappa shape index (κ1) is 16.7. The van der Waals surface area contributed by atoms with Crippen LogP contribution in [-0.2, 0) is 5.75 Å². The molecule has 6 heteroatoms. The van der Waals surface area contributed by atoms with Crippen molar-refractivity contribution in [1.29, 1.82) is 0 Å². The summed E-state index contributed by atoms with van der Waals surface area (Å²) in [5, 5.41) is 3.40. The van der Waals surface area contributed by atoms with E-state index < -0.39 is 0 Å². The van der Waals surface area contributed by atoms with E-state index in [9.17, 15) is 4.79 Å². The number of nitrogens with zero attached hydrogens (tertiary/aromatic N) is 2. The Morgan fingerprint density at radius 1 is 1.04 bits per heavy atom. The van der Waals surface area contributed by atoms with Gasteiger partial charge in [-0.1, -0.05) is 60.3 Å². The number of carbonyl (C=O) groups is 1. The second-order valence-electron chi connectivity index (χ2n) is 4.94. The number of amides is 1. The summed E-state index contributed by atoms with van der Waals surface area (Å²) in [4.78, 5) is 21.1. The fourth-order valence-corrected chi connectivity index (χ4v) is 3.16. The van der Waals surface area contributed by atoms with Crippen molar-refractivity contribution >= 4 is 39.3 Å². The van der Waals surface area contributed by atoms with Gasteiger partial charge in [-0.2, -0.15) is 0 Å². The van der Waals surface area contributed by atoms with Crippen molar-refractivity contribution in [3.05, 3.63) is 82.6 Å². The molecule has 0 saturated heterocycles. The lowest BCUT2D eigenvalue weighted by atomic mass is 10.2. The number of carbonyl (C=O) groups excluding carboxylic acids is 1. The van der Waals surface area contributed by atoms with Gasteiger partial charge in [0.25, 0.3) is 5.91 Å². The van der Waals surface area contributed by atoms with E-state index in [0.717, 1.165) is 11.4 Å². The van der Waals surface area contributed by atoms with Crippen LogP contribution in [0.15, 0.2) is 76.5 Å². The van der Waals surface area contributed by atoms with Crippen LogP contribution >= 0.6 is 27.7 Å². The van der Waals surface area contributed by atoms with Crippen LogP contribution in [0.3, 0.4) is 0 Å². The molecule has 4 nitrogen and oxygen atoms in total. The third kappa shape index (κ3) is 4.43. The predicted molar refractivity (Wildman–Crippen MR) is 100 cm³/mol. The Morgan fingerprint density at radius 2 is 1.71 bits per heavy atom. The third-order valence-corrected chi connectivity index (χ3v) is 4.69. The average Bonchev–Trinajstić information content (AvgIpc) is 2.62. The molecule has 120 valence electrons. The van der Waals surface area contributed by atoms with Crippen LogP contribution in [0, 0.1) is 0 Å². The molecule has 0 saturated carbocycles. The van der Waals surface area contributed by atoms with Crippen LogP contribution < -0.4 is 5.32 Å². The quantitative estimate of drug-likeness (QED) is 0.495. The highest BCUT2D eigenvalue weighted by Gasteiger charge is 2.14. The summed E-state index contributed by atoms with van der Waals surface area (Å²) in [6.07, 6.45) is 1.61. The van der Waals surface area contributed by atoms with Crippen molar-refractivity contribution in [2.45, 2.75) is 10.9 Å². The molecule has 3 rings (SSSR count). The number of halogens is 1. The number of hydrogen-bond acceptors (Lipinski definition) is 4. The number of hydrogen-bond donors (Lipinski definition) is 1. The summed E-state index contributed by atoms with van der Waals surface area (Å²) in [5.41, 5.74) is 2.24. The standard InChI is InChI=1S/C18H14BrN3OS/c19-15-11-20-18(24-12-13-7-3-1-4-8-13)22-16(15)17(23)21-14-9-5-2-6-10-14/h1-11H,12H2,(H,21,23). The first-order valence-electron chi connectivity index (χ1n) is 7.28. The number of para-hydroxylation sites is 1. The van der Waals surface area contributed by atoms with E-state index >= 15 is 0 Å². The van der Waals surface area contributed by atoms with E-state index in [4.69, 9.17) is 0 Å². The summed E-state index contributed by atoms with van der Waals surface area (Å²) in [6, 6.07) is 19.4. The van der Waals surface area contributed by atoms with Crippen LogP contribution in [0.4, 0.5) is 5.69 Å². The zero-order valence-electron chi connectivity index (χ0n) is 12.6. The van der Waals surface area contributed by atoms with E-state index in [0.29, 0.717) is 15.3 Å². The normalized spacial score (nSPS) is 10.4. The highest BCUT2D eigenvalue weighted by Crippen LogP contribution is 2.22. The highest BCUT2D eigenvalue weighted by molar-refractivity contribution is 9.10. The second-order valence-corrected chi connectivity index (χ2v) is 6.74. The molecule has 1 N–H and O–H groups in total. The summed E-state index contributed by atoms with van der Waals surface area (Å²) in [5.74, 6) is 0.486. The topological polar surface area (TPSA) is 54.9 Å². The molecule has 0 atom stereocenters. The fourth-order valence-electron chi connectivity index (χ4n) is 2.01. The molecule has 1 amide bonds. The lowest BCUT2D eigenvalue weighted by molar-refractivity contribution is 0.102. The maximum atomic E-state index is 12.4. The zero-order chi connectivity index (χ0) is 16.8. The highest BCUT2D eigenvalue weighted by atomic mass is 79.9. The summed E-state index contributed by atoms with van der Waals surface area (Å²) in [7, 11) is 0. The SMILES string of the molecule is O=C(Nc1ccccc1)c1nc(SCc2ccccc2)ncc1Br. The smallest absolute Gasteiger partial charge is 0.275 e. The second kappa shape index (κ2) is 8.08. The number of rotatable bonds is 5. The average molecular weight is 400 g/mol. The first-order valence-corrected chi connectivity index (χ1v) is 9.06. The molecule has 1 aromatic heterocycles. The molecule has 1 heterocycles. The molecule has 0 aliphatic carbocycles. The van der Waals surface area contributed by atoms with Gasteiger partial charge in [0, 0.05) is 17.6 Å². The molecule has 0 bridgehead atoms. The maximum Gasteiger partial charge on any atom is 0.275 e. The van der Waals surface area contributed by atoms with E-state index in [2.05, 4.69) is 43.3 Å². The molecule has 0 spiro atoms. The van der Waals surface area contributed by atoms with Crippen LogP contribution in [-0.4, -0.2) is 15.9 Å². The molecular weight excluding hydrogens is 386 g/mol.